The highest BCUT2D eigenvalue weighted by Crippen LogP contribution is 2.37. The molecule has 0 spiro atoms. The van der Waals surface area contributed by atoms with Crippen LogP contribution in [0.4, 0.5) is 19.0 Å². The van der Waals surface area contributed by atoms with Gasteiger partial charge in [0, 0.05) is 30.4 Å². The Kier molecular flexibility index (Phi) is 5.31. The molecule has 0 N–H and O–H groups in total. The van der Waals surface area contributed by atoms with Gasteiger partial charge in [0.2, 0.25) is 5.91 Å². The Balaban J connectivity index is 1.29. The van der Waals surface area contributed by atoms with Gasteiger partial charge in [-0.2, -0.15) is 17.7 Å². The summed E-state index contributed by atoms with van der Waals surface area (Å²) in [4.78, 5) is 18.7. The molecule has 0 saturated carbocycles. The van der Waals surface area contributed by atoms with Crippen molar-refractivity contribution in [3.8, 4) is 0 Å². The van der Waals surface area contributed by atoms with Gasteiger partial charge in [-0.1, -0.05) is 6.92 Å². The average Bonchev–Trinajstić information content (AvgIpc) is 3.44. The Labute approximate surface area is 186 Å². The highest BCUT2D eigenvalue weighted by atomic mass is 32.1. The number of carbonyl (C=O) groups is 1. The van der Waals surface area contributed by atoms with Crippen molar-refractivity contribution in [1.82, 2.24) is 24.7 Å². The number of amides is 1. The van der Waals surface area contributed by atoms with Crippen molar-refractivity contribution in [2.24, 2.45) is 5.92 Å². The lowest BCUT2D eigenvalue weighted by atomic mass is 9.91. The van der Waals surface area contributed by atoms with Crippen LogP contribution in [0.1, 0.15) is 48.5 Å². The van der Waals surface area contributed by atoms with Gasteiger partial charge in [-0.25, -0.2) is 0 Å². The number of aromatic nitrogens is 4. The summed E-state index contributed by atoms with van der Waals surface area (Å²) in [7, 11) is 0. The molecular formula is C21H23F3N6OS. The Morgan fingerprint density at radius 2 is 1.94 bits per heavy atom. The lowest BCUT2D eigenvalue weighted by Gasteiger charge is -2.40. The Hall–Kier alpha value is -2.69. The SMILES string of the molecule is CCC1c2ccsc2CCN1C(=O)C1CCN(c2ccc3nnc(C(F)(F)F)n3n2)CC1. The number of nitrogens with zero attached hydrogens (tertiary/aromatic N) is 6. The lowest BCUT2D eigenvalue weighted by molar-refractivity contribution is -0.146. The summed E-state index contributed by atoms with van der Waals surface area (Å²) in [6.45, 7) is 3.99. The summed E-state index contributed by atoms with van der Waals surface area (Å²) in [6, 6.07) is 5.41. The van der Waals surface area contributed by atoms with Crippen molar-refractivity contribution in [2.75, 3.05) is 24.5 Å². The topological polar surface area (TPSA) is 66.6 Å². The molecule has 3 aromatic rings. The first-order valence-corrected chi connectivity index (χ1v) is 11.7. The van der Waals surface area contributed by atoms with E-state index in [-0.39, 0.29) is 23.5 Å². The van der Waals surface area contributed by atoms with Crippen LogP contribution in [-0.4, -0.2) is 50.3 Å². The van der Waals surface area contributed by atoms with Gasteiger partial charge in [0.25, 0.3) is 5.82 Å². The number of hydrogen-bond donors (Lipinski definition) is 0. The number of alkyl halides is 3. The van der Waals surface area contributed by atoms with Crippen LogP contribution in [-0.2, 0) is 17.4 Å². The van der Waals surface area contributed by atoms with Crippen LogP contribution in [0.5, 0.6) is 0 Å². The maximum absolute atomic E-state index is 13.3. The molecule has 5 heterocycles. The van der Waals surface area contributed by atoms with Crippen molar-refractivity contribution in [3.63, 3.8) is 0 Å². The molecule has 0 aromatic carbocycles. The smallest absolute Gasteiger partial charge is 0.355 e. The second-order valence-corrected chi connectivity index (χ2v) is 9.25. The molecule has 1 unspecified atom stereocenters. The summed E-state index contributed by atoms with van der Waals surface area (Å²) >= 11 is 1.76. The Morgan fingerprint density at radius 1 is 1.16 bits per heavy atom. The Morgan fingerprint density at radius 3 is 2.66 bits per heavy atom. The number of fused-ring (bicyclic) bond motifs is 2. The minimum Gasteiger partial charge on any atom is -0.355 e. The summed E-state index contributed by atoms with van der Waals surface area (Å²) in [6.07, 6.45) is -1.54. The molecule has 1 atom stereocenters. The minimum atomic E-state index is -4.63. The molecular weight excluding hydrogens is 441 g/mol. The van der Waals surface area contributed by atoms with Gasteiger partial charge in [0.1, 0.15) is 5.82 Å². The van der Waals surface area contributed by atoms with Gasteiger partial charge in [-0.05, 0) is 54.8 Å². The zero-order valence-electron chi connectivity index (χ0n) is 17.5. The van der Waals surface area contributed by atoms with E-state index in [1.807, 2.05) is 9.80 Å². The van der Waals surface area contributed by atoms with E-state index in [0.29, 0.717) is 31.7 Å². The number of piperidine rings is 1. The third-order valence-corrected chi connectivity index (χ3v) is 7.43. The molecule has 1 fully saturated rings. The average molecular weight is 465 g/mol. The summed E-state index contributed by atoms with van der Waals surface area (Å²) in [5.74, 6) is -0.594. The third-order valence-electron chi connectivity index (χ3n) is 6.44. The number of anilines is 1. The fourth-order valence-electron chi connectivity index (χ4n) is 4.82. The van der Waals surface area contributed by atoms with E-state index in [1.165, 1.54) is 16.5 Å². The predicted molar refractivity (Wildman–Crippen MR) is 113 cm³/mol. The van der Waals surface area contributed by atoms with E-state index in [2.05, 4.69) is 33.7 Å². The number of carbonyl (C=O) groups excluding carboxylic acids is 1. The van der Waals surface area contributed by atoms with Crippen LogP contribution >= 0.6 is 11.3 Å². The van der Waals surface area contributed by atoms with Gasteiger partial charge in [0.15, 0.2) is 5.65 Å². The van der Waals surface area contributed by atoms with Crippen LogP contribution in [0.25, 0.3) is 5.65 Å². The van der Waals surface area contributed by atoms with Crippen molar-refractivity contribution >= 4 is 28.7 Å². The van der Waals surface area contributed by atoms with Crippen molar-refractivity contribution in [1.29, 1.82) is 0 Å². The van der Waals surface area contributed by atoms with E-state index in [9.17, 15) is 18.0 Å². The Bertz CT molecular complexity index is 1130. The molecule has 3 aromatic heterocycles. The lowest BCUT2D eigenvalue weighted by Crippen LogP contribution is -2.46. The number of thiophene rings is 1. The van der Waals surface area contributed by atoms with Crippen LogP contribution in [0.3, 0.4) is 0 Å². The largest absolute Gasteiger partial charge is 0.453 e. The van der Waals surface area contributed by atoms with E-state index >= 15 is 0 Å². The maximum Gasteiger partial charge on any atom is 0.453 e. The molecule has 1 amide bonds. The van der Waals surface area contributed by atoms with E-state index in [1.54, 1.807) is 17.4 Å². The molecule has 11 heteroatoms. The molecule has 2 aliphatic rings. The van der Waals surface area contributed by atoms with Gasteiger partial charge < -0.3 is 9.80 Å². The first-order valence-electron chi connectivity index (χ1n) is 10.8. The number of rotatable bonds is 3. The molecule has 5 rings (SSSR count). The quantitative estimate of drug-likeness (QED) is 0.587. The van der Waals surface area contributed by atoms with Crippen LogP contribution in [0, 0.1) is 5.92 Å². The van der Waals surface area contributed by atoms with Gasteiger partial charge in [0.05, 0.1) is 6.04 Å². The summed E-state index contributed by atoms with van der Waals surface area (Å²) in [5, 5.41) is 13.0. The van der Waals surface area contributed by atoms with Gasteiger partial charge in [-0.3, -0.25) is 4.79 Å². The molecule has 0 aliphatic carbocycles. The van der Waals surface area contributed by atoms with Crippen LogP contribution in [0.2, 0.25) is 0 Å². The molecule has 0 radical (unpaired) electrons. The second kappa shape index (κ2) is 8.02. The second-order valence-electron chi connectivity index (χ2n) is 8.25. The first kappa shape index (κ1) is 21.2. The monoisotopic (exact) mass is 464 g/mol. The fraction of sp³-hybridized carbons (Fsp3) is 0.524. The first-order chi connectivity index (χ1) is 15.4. The molecule has 170 valence electrons. The van der Waals surface area contributed by atoms with Gasteiger partial charge in [-0.15, -0.1) is 26.6 Å². The fourth-order valence-corrected chi connectivity index (χ4v) is 5.74. The summed E-state index contributed by atoms with van der Waals surface area (Å²) in [5.41, 5.74) is 1.33. The molecule has 7 nitrogen and oxygen atoms in total. The molecule has 0 bridgehead atoms. The zero-order valence-corrected chi connectivity index (χ0v) is 18.4. The highest BCUT2D eigenvalue weighted by Gasteiger charge is 2.38. The zero-order chi connectivity index (χ0) is 22.5. The predicted octanol–water partition coefficient (Wildman–Crippen LogP) is 3.96. The molecule has 2 aliphatic heterocycles. The number of hydrogen-bond acceptors (Lipinski definition) is 6. The minimum absolute atomic E-state index is 0.0506. The molecule has 1 saturated heterocycles. The number of halogens is 3. The van der Waals surface area contributed by atoms with Crippen molar-refractivity contribution in [3.05, 3.63) is 39.8 Å². The maximum atomic E-state index is 13.3. The van der Waals surface area contributed by atoms with Crippen LogP contribution in [0.15, 0.2) is 23.6 Å². The highest BCUT2D eigenvalue weighted by molar-refractivity contribution is 7.10. The van der Waals surface area contributed by atoms with Crippen molar-refractivity contribution in [2.45, 2.75) is 44.8 Å². The van der Waals surface area contributed by atoms with E-state index in [4.69, 9.17) is 0 Å². The normalized spacial score (nSPS) is 20.1. The molecule has 32 heavy (non-hydrogen) atoms. The van der Waals surface area contributed by atoms with E-state index < -0.39 is 12.0 Å². The van der Waals surface area contributed by atoms with Crippen molar-refractivity contribution < 1.29 is 18.0 Å². The summed E-state index contributed by atoms with van der Waals surface area (Å²) < 4.78 is 40.2. The van der Waals surface area contributed by atoms with Gasteiger partial charge >= 0.3 is 6.18 Å². The third kappa shape index (κ3) is 3.62. The van der Waals surface area contributed by atoms with Crippen LogP contribution < -0.4 is 4.90 Å². The van der Waals surface area contributed by atoms with E-state index in [0.717, 1.165) is 23.9 Å². The standard InChI is InChI=1S/C21H23F3N6OS/c1-2-15-14-8-12-32-16(14)7-11-29(15)19(31)13-5-9-28(10-6-13)18-4-3-17-25-26-20(21(22,23)24)30(17)27-18/h3-4,8,12-13,15H,2,5-7,9-11H2,1H3.